The summed E-state index contributed by atoms with van der Waals surface area (Å²) >= 11 is 0. The predicted molar refractivity (Wildman–Crippen MR) is 86.9 cm³/mol. The Morgan fingerprint density at radius 1 is 1.19 bits per heavy atom. The first kappa shape index (κ1) is 17.2. The molecule has 0 aromatic carbocycles. The first-order valence-corrected chi connectivity index (χ1v) is 10.2. The molecule has 5 nitrogen and oxygen atoms in total. The van der Waals surface area contributed by atoms with E-state index < -0.39 is 10.0 Å². The van der Waals surface area contributed by atoms with Crippen molar-refractivity contribution in [3.8, 4) is 0 Å². The Labute approximate surface area is 130 Å². The third-order valence-corrected chi connectivity index (χ3v) is 6.24. The van der Waals surface area contributed by atoms with E-state index in [0.29, 0.717) is 19.0 Å². The molecule has 0 radical (unpaired) electrons. The van der Waals surface area contributed by atoms with Crippen LogP contribution < -0.4 is 5.32 Å². The fourth-order valence-electron chi connectivity index (χ4n) is 3.58. The standard InChI is InChI=1S/C15H31N3O2S/c1-17(15-7-3-4-8-15)11-9-16-12-14-6-5-10-18(13-14)21(2,19)20/h14-16H,3-13H2,1-2H3. The quantitative estimate of drug-likeness (QED) is 0.715. The minimum atomic E-state index is -3.02. The van der Waals surface area contributed by atoms with Gasteiger partial charge in [0.25, 0.3) is 0 Å². The minimum absolute atomic E-state index is 0.463. The first-order chi connectivity index (χ1) is 9.97. The van der Waals surface area contributed by atoms with Crippen molar-refractivity contribution in [1.82, 2.24) is 14.5 Å². The van der Waals surface area contributed by atoms with Crippen LogP contribution in [0, 0.1) is 5.92 Å². The molecule has 2 rings (SSSR count). The monoisotopic (exact) mass is 317 g/mol. The topological polar surface area (TPSA) is 52.6 Å². The van der Waals surface area contributed by atoms with Gasteiger partial charge in [0.2, 0.25) is 10.0 Å². The Hall–Kier alpha value is -0.170. The van der Waals surface area contributed by atoms with Crippen molar-refractivity contribution in [3.05, 3.63) is 0 Å². The summed E-state index contributed by atoms with van der Waals surface area (Å²) in [6.07, 6.45) is 8.90. The van der Waals surface area contributed by atoms with E-state index in [2.05, 4.69) is 17.3 Å². The smallest absolute Gasteiger partial charge is 0.211 e. The van der Waals surface area contributed by atoms with Crippen LogP contribution in [0.25, 0.3) is 0 Å². The normalized spacial score (nSPS) is 25.8. The van der Waals surface area contributed by atoms with E-state index in [4.69, 9.17) is 0 Å². The molecule has 1 saturated carbocycles. The lowest BCUT2D eigenvalue weighted by Crippen LogP contribution is -2.43. The molecule has 1 aliphatic carbocycles. The Morgan fingerprint density at radius 3 is 2.57 bits per heavy atom. The second kappa shape index (κ2) is 7.90. The third kappa shape index (κ3) is 5.51. The van der Waals surface area contributed by atoms with Gasteiger partial charge in [0.1, 0.15) is 0 Å². The number of likely N-dealkylation sites (N-methyl/N-ethyl adjacent to an activating group) is 1. The summed E-state index contributed by atoms with van der Waals surface area (Å²) in [7, 11) is -0.791. The zero-order valence-corrected chi connectivity index (χ0v) is 14.4. The van der Waals surface area contributed by atoms with E-state index in [-0.39, 0.29) is 0 Å². The van der Waals surface area contributed by atoms with Crippen molar-refractivity contribution in [1.29, 1.82) is 0 Å². The van der Waals surface area contributed by atoms with Gasteiger partial charge in [-0.25, -0.2) is 12.7 Å². The fraction of sp³-hybridized carbons (Fsp3) is 1.00. The van der Waals surface area contributed by atoms with Crippen molar-refractivity contribution in [2.24, 2.45) is 5.92 Å². The highest BCUT2D eigenvalue weighted by molar-refractivity contribution is 7.88. The molecule has 1 saturated heterocycles. The van der Waals surface area contributed by atoms with Crippen molar-refractivity contribution in [3.63, 3.8) is 0 Å². The highest BCUT2D eigenvalue weighted by atomic mass is 32.2. The van der Waals surface area contributed by atoms with Crippen molar-refractivity contribution in [2.45, 2.75) is 44.6 Å². The molecule has 2 fully saturated rings. The van der Waals surface area contributed by atoms with E-state index in [9.17, 15) is 8.42 Å². The van der Waals surface area contributed by atoms with Gasteiger partial charge in [-0.3, -0.25) is 0 Å². The Bertz CT molecular complexity index is 407. The minimum Gasteiger partial charge on any atom is -0.315 e. The van der Waals surface area contributed by atoms with Crippen LogP contribution in [0.5, 0.6) is 0 Å². The molecule has 0 aromatic rings. The lowest BCUT2D eigenvalue weighted by atomic mass is 10.00. The van der Waals surface area contributed by atoms with Gasteiger partial charge in [-0.2, -0.15) is 0 Å². The molecule has 21 heavy (non-hydrogen) atoms. The van der Waals surface area contributed by atoms with E-state index in [1.807, 2.05) is 0 Å². The van der Waals surface area contributed by atoms with E-state index in [1.165, 1.54) is 31.9 Å². The molecule has 1 aliphatic heterocycles. The summed E-state index contributed by atoms with van der Waals surface area (Å²) < 4.78 is 24.8. The molecule has 0 amide bonds. The largest absolute Gasteiger partial charge is 0.315 e. The van der Waals surface area contributed by atoms with Crippen molar-refractivity contribution < 1.29 is 8.42 Å². The molecule has 1 unspecified atom stereocenters. The molecule has 2 aliphatic rings. The van der Waals surface area contributed by atoms with E-state index >= 15 is 0 Å². The summed E-state index contributed by atoms with van der Waals surface area (Å²) in [5, 5.41) is 3.52. The highest BCUT2D eigenvalue weighted by Crippen LogP contribution is 2.22. The summed E-state index contributed by atoms with van der Waals surface area (Å²) in [4.78, 5) is 2.48. The van der Waals surface area contributed by atoms with E-state index in [0.717, 1.165) is 38.5 Å². The average molecular weight is 317 g/mol. The van der Waals surface area contributed by atoms with E-state index in [1.54, 1.807) is 4.31 Å². The summed E-state index contributed by atoms with van der Waals surface area (Å²) in [6, 6.07) is 0.780. The zero-order valence-electron chi connectivity index (χ0n) is 13.6. The van der Waals surface area contributed by atoms with Gasteiger partial charge in [-0.05, 0) is 45.2 Å². The third-order valence-electron chi connectivity index (χ3n) is 4.97. The zero-order chi connectivity index (χ0) is 15.3. The van der Waals surface area contributed by atoms with Gasteiger partial charge in [-0.1, -0.05) is 12.8 Å². The number of nitrogens with one attached hydrogen (secondary N) is 1. The molecule has 0 aromatic heterocycles. The number of sulfonamides is 1. The SMILES string of the molecule is CN(CCNCC1CCCN(S(C)(=O)=O)C1)C1CCCC1. The second-order valence-corrected chi connectivity index (χ2v) is 8.73. The van der Waals surface area contributed by atoms with Crippen LogP contribution in [0.15, 0.2) is 0 Å². The molecule has 1 heterocycles. The van der Waals surface area contributed by atoms with Gasteiger partial charge in [-0.15, -0.1) is 0 Å². The number of nitrogens with zero attached hydrogens (tertiary/aromatic N) is 2. The number of piperidine rings is 1. The second-order valence-electron chi connectivity index (χ2n) is 6.75. The number of hydrogen-bond donors (Lipinski definition) is 1. The average Bonchev–Trinajstić information content (AvgIpc) is 2.97. The maximum Gasteiger partial charge on any atom is 0.211 e. The molecular weight excluding hydrogens is 286 g/mol. The maximum atomic E-state index is 11.6. The fourth-order valence-corrected chi connectivity index (χ4v) is 4.53. The van der Waals surface area contributed by atoms with Crippen LogP contribution in [0.3, 0.4) is 0 Å². The summed E-state index contributed by atoms with van der Waals surface area (Å²) in [6.45, 7) is 4.41. The molecule has 1 atom stereocenters. The Balaban J connectivity index is 1.62. The van der Waals surface area contributed by atoms with Crippen LogP contribution >= 0.6 is 0 Å². The van der Waals surface area contributed by atoms with Crippen LogP contribution in [0.2, 0.25) is 0 Å². The van der Waals surface area contributed by atoms with Crippen LogP contribution in [0.1, 0.15) is 38.5 Å². The van der Waals surface area contributed by atoms with Gasteiger partial charge >= 0.3 is 0 Å². The van der Waals surface area contributed by atoms with Crippen molar-refractivity contribution >= 4 is 10.0 Å². The number of hydrogen-bond acceptors (Lipinski definition) is 4. The number of rotatable bonds is 7. The molecule has 0 spiro atoms. The van der Waals surface area contributed by atoms with Gasteiger partial charge in [0.15, 0.2) is 0 Å². The molecule has 1 N–H and O–H groups in total. The van der Waals surface area contributed by atoms with Crippen molar-refractivity contribution in [2.75, 3.05) is 46.0 Å². The Morgan fingerprint density at radius 2 is 1.90 bits per heavy atom. The first-order valence-electron chi connectivity index (χ1n) is 8.33. The lowest BCUT2D eigenvalue weighted by molar-refractivity contribution is 0.233. The van der Waals surface area contributed by atoms with Crippen LogP contribution in [0.4, 0.5) is 0 Å². The Kier molecular flexibility index (Phi) is 6.47. The van der Waals surface area contributed by atoms with Crippen LogP contribution in [-0.2, 0) is 10.0 Å². The van der Waals surface area contributed by atoms with Gasteiger partial charge < -0.3 is 10.2 Å². The van der Waals surface area contributed by atoms with Crippen LogP contribution in [-0.4, -0.2) is 69.7 Å². The highest BCUT2D eigenvalue weighted by Gasteiger charge is 2.25. The predicted octanol–water partition coefficient (Wildman–Crippen LogP) is 1.12. The molecule has 6 heteroatoms. The maximum absolute atomic E-state index is 11.6. The summed E-state index contributed by atoms with van der Waals surface area (Å²) in [5.74, 6) is 0.463. The van der Waals surface area contributed by atoms with Gasteiger partial charge in [0.05, 0.1) is 6.26 Å². The summed E-state index contributed by atoms with van der Waals surface area (Å²) in [5.41, 5.74) is 0. The van der Waals surface area contributed by atoms with Gasteiger partial charge in [0, 0.05) is 32.2 Å². The molecule has 124 valence electrons. The molecular formula is C15H31N3O2S. The molecule has 0 bridgehead atoms. The lowest BCUT2D eigenvalue weighted by Gasteiger charge is -2.31.